The number of benzene rings is 1. The highest BCUT2D eigenvalue weighted by molar-refractivity contribution is 5.93. The minimum Gasteiger partial charge on any atom is -0.508 e. The van der Waals surface area contributed by atoms with Gasteiger partial charge in [0.05, 0.1) is 16.4 Å². The normalized spacial score (nSPS) is 11.5. The maximum absolute atomic E-state index is 9.67. The standard InChI is InChI=1S/C20H17N7O/c1-21-7-11-4-12(9-22-8-11)13-5-15-18(26-27-19(15)23-10-13)20-24-16-3-2-14(28)6-17(16)25-20/h2-6,8-10,21,28H,7H2,1H3,(H,24,25)(H,23,26,27). The van der Waals surface area contributed by atoms with Crippen LogP contribution in [-0.2, 0) is 6.54 Å². The van der Waals surface area contributed by atoms with E-state index in [-0.39, 0.29) is 5.75 Å². The SMILES string of the molecule is CNCc1cncc(-c2cnc3[nH]nc(-c4nc5cc(O)ccc5[nH]4)c3c2)c1. The summed E-state index contributed by atoms with van der Waals surface area (Å²) in [5, 5.41) is 21.0. The topological polar surface area (TPSA) is 115 Å². The predicted octanol–water partition coefficient (Wildman–Crippen LogP) is 2.99. The number of nitrogens with one attached hydrogen (secondary N) is 3. The van der Waals surface area contributed by atoms with Crippen molar-refractivity contribution in [2.24, 2.45) is 0 Å². The van der Waals surface area contributed by atoms with Crippen molar-refractivity contribution >= 4 is 22.1 Å². The molecule has 5 aromatic rings. The molecule has 8 nitrogen and oxygen atoms in total. The van der Waals surface area contributed by atoms with Gasteiger partial charge in [-0.1, -0.05) is 0 Å². The maximum Gasteiger partial charge on any atom is 0.159 e. The highest BCUT2D eigenvalue weighted by Crippen LogP contribution is 2.29. The van der Waals surface area contributed by atoms with E-state index in [0.29, 0.717) is 22.7 Å². The monoisotopic (exact) mass is 371 g/mol. The molecule has 4 aromatic heterocycles. The molecule has 4 N–H and O–H groups in total. The van der Waals surface area contributed by atoms with Gasteiger partial charge in [0.25, 0.3) is 0 Å². The van der Waals surface area contributed by atoms with Gasteiger partial charge in [-0.3, -0.25) is 10.1 Å². The fourth-order valence-electron chi connectivity index (χ4n) is 3.29. The lowest BCUT2D eigenvalue weighted by Gasteiger charge is -2.04. The Hall–Kier alpha value is -3.78. The predicted molar refractivity (Wildman–Crippen MR) is 107 cm³/mol. The van der Waals surface area contributed by atoms with Crippen LogP contribution in [0.5, 0.6) is 5.75 Å². The molecule has 0 amide bonds. The average molecular weight is 371 g/mol. The van der Waals surface area contributed by atoms with Crippen molar-refractivity contribution < 1.29 is 5.11 Å². The summed E-state index contributed by atoms with van der Waals surface area (Å²) in [6.45, 7) is 0.749. The Morgan fingerprint density at radius 3 is 2.86 bits per heavy atom. The van der Waals surface area contributed by atoms with Gasteiger partial charge in [0, 0.05) is 42.3 Å². The molecule has 8 heteroatoms. The summed E-state index contributed by atoms with van der Waals surface area (Å²) in [4.78, 5) is 16.6. The van der Waals surface area contributed by atoms with E-state index in [0.717, 1.165) is 34.1 Å². The average Bonchev–Trinajstić information content (AvgIpc) is 3.31. The third kappa shape index (κ3) is 2.76. The van der Waals surface area contributed by atoms with Crippen molar-refractivity contribution in [1.29, 1.82) is 0 Å². The first-order chi connectivity index (χ1) is 13.7. The fourth-order valence-corrected chi connectivity index (χ4v) is 3.29. The van der Waals surface area contributed by atoms with Crippen LogP contribution in [0.4, 0.5) is 0 Å². The van der Waals surface area contributed by atoms with Crippen LogP contribution < -0.4 is 5.32 Å². The van der Waals surface area contributed by atoms with Crippen LogP contribution in [0, 0.1) is 0 Å². The van der Waals surface area contributed by atoms with E-state index >= 15 is 0 Å². The molecule has 0 bridgehead atoms. The van der Waals surface area contributed by atoms with Crippen LogP contribution in [0.25, 0.3) is 44.7 Å². The minimum absolute atomic E-state index is 0.176. The zero-order valence-corrected chi connectivity index (χ0v) is 15.1. The lowest BCUT2D eigenvalue weighted by atomic mass is 10.1. The second kappa shape index (κ2) is 6.43. The van der Waals surface area contributed by atoms with E-state index in [9.17, 15) is 5.11 Å². The van der Waals surface area contributed by atoms with Gasteiger partial charge in [-0.05, 0) is 36.9 Å². The number of phenolic OH excluding ortho intramolecular Hbond substituents is 1. The molecule has 0 aliphatic carbocycles. The molecule has 0 saturated heterocycles. The largest absolute Gasteiger partial charge is 0.508 e. The van der Waals surface area contributed by atoms with Gasteiger partial charge in [-0.2, -0.15) is 5.10 Å². The summed E-state index contributed by atoms with van der Waals surface area (Å²) in [6, 6.07) is 9.16. The van der Waals surface area contributed by atoms with E-state index in [2.05, 4.69) is 41.5 Å². The summed E-state index contributed by atoms with van der Waals surface area (Å²) in [5.41, 5.74) is 5.92. The zero-order valence-electron chi connectivity index (χ0n) is 15.1. The van der Waals surface area contributed by atoms with Crippen LogP contribution in [-0.4, -0.2) is 42.3 Å². The molecule has 0 fully saturated rings. The Balaban J connectivity index is 1.62. The van der Waals surface area contributed by atoms with Crippen molar-refractivity contribution in [3.05, 3.63) is 54.5 Å². The lowest BCUT2D eigenvalue weighted by Crippen LogP contribution is -2.05. The first kappa shape index (κ1) is 16.4. The number of rotatable bonds is 4. The summed E-state index contributed by atoms with van der Waals surface area (Å²) in [7, 11) is 1.91. The van der Waals surface area contributed by atoms with E-state index in [1.165, 1.54) is 0 Å². The number of aromatic hydroxyl groups is 1. The lowest BCUT2D eigenvalue weighted by molar-refractivity contribution is 0.476. The number of aromatic amines is 2. The Bertz CT molecular complexity index is 1300. The second-order valence-corrected chi connectivity index (χ2v) is 6.59. The number of H-pyrrole nitrogens is 2. The van der Waals surface area contributed by atoms with Crippen LogP contribution in [0.15, 0.2) is 48.9 Å². The molecular formula is C20H17N7O. The molecule has 5 rings (SSSR count). The smallest absolute Gasteiger partial charge is 0.159 e. The van der Waals surface area contributed by atoms with Crippen LogP contribution in [0.3, 0.4) is 0 Å². The van der Waals surface area contributed by atoms with Gasteiger partial charge in [0.2, 0.25) is 0 Å². The zero-order chi connectivity index (χ0) is 19.1. The Morgan fingerprint density at radius 2 is 1.96 bits per heavy atom. The van der Waals surface area contributed by atoms with Crippen LogP contribution in [0.1, 0.15) is 5.56 Å². The number of pyridine rings is 2. The fraction of sp³-hybridized carbons (Fsp3) is 0.100. The molecule has 138 valence electrons. The molecule has 28 heavy (non-hydrogen) atoms. The molecule has 0 spiro atoms. The van der Waals surface area contributed by atoms with E-state index < -0.39 is 0 Å². The van der Waals surface area contributed by atoms with Gasteiger partial charge >= 0.3 is 0 Å². The summed E-state index contributed by atoms with van der Waals surface area (Å²) in [6.07, 6.45) is 5.48. The number of fused-ring (bicyclic) bond motifs is 2. The molecule has 0 atom stereocenters. The Morgan fingerprint density at radius 1 is 1.07 bits per heavy atom. The van der Waals surface area contributed by atoms with Crippen molar-refractivity contribution in [1.82, 2.24) is 35.5 Å². The number of nitrogens with zero attached hydrogens (tertiary/aromatic N) is 4. The Labute approximate surface area is 159 Å². The Kier molecular flexibility index (Phi) is 3.77. The third-order valence-corrected chi connectivity index (χ3v) is 4.62. The van der Waals surface area contributed by atoms with Crippen molar-refractivity contribution in [3.8, 4) is 28.4 Å². The summed E-state index contributed by atoms with van der Waals surface area (Å²) in [5.74, 6) is 0.795. The molecule has 0 unspecified atom stereocenters. The van der Waals surface area contributed by atoms with E-state index in [4.69, 9.17) is 0 Å². The van der Waals surface area contributed by atoms with Crippen LogP contribution >= 0.6 is 0 Å². The van der Waals surface area contributed by atoms with E-state index in [1.807, 2.05) is 25.5 Å². The quantitative estimate of drug-likeness (QED) is 0.386. The molecular weight excluding hydrogens is 354 g/mol. The molecule has 4 heterocycles. The van der Waals surface area contributed by atoms with Gasteiger partial charge < -0.3 is 15.4 Å². The summed E-state index contributed by atoms with van der Waals surface area (Å²) < 4.78 is 0. The number of phenols is 1. The van der Waals surface area contributed by atoms with Gasteiger partial charge in [-0.25, -0.2) is 9.97 Å². The third-order valence-electron chi connectivity index (χ3n) is 4.62. The number of aromatic nitrogens is 6. The van der Waals surface area contributed by atoms with Gasteiger partial charge in [0.15, 0.2) is 11.5 Å². The van der Waals surface area contributed by atoms with Crippen molar-refractivity contribution in [2.75, 3.05) is 7.05 Å². The number of imidazole rings is 1. The van der Waals surface area contributed by atoms with E-state index in [1.54, 1.807) is 24.4 Å². The van der Waals surface area contributed by atoms with Crippen LogP contribution in [0.2, 0.25) is 0 Å². The van der Waals surface area contributed by atoms with Crippen molar-refractivity contribution in [3.63, 3.8) is 0 Å². The highest BCUT2D eigenvalue weighted by atomic mass is 16.3. The summed E-state index contributed by atoms with van der Waals surface area (Å²) >= 11 is 0. The molecule has 0 aliphatic heterocycles. The maximum atomic E-state index is 9.67. The highest BCUT2D eigenvalue weighted by Gasteiger charge is 2.15. The first-order valence-electron chi connectivity index (χ1n) is 8.83. The molecule has 0 saturated carbocycles. The molecule has 1 aromatic carbocycles. The molecule has 0 radical (unpaired) electrons. The van der Waals surface area contributed by atoms with Gasteiger partial charge in [-0.15, -0.1) is 0 Å². The number of hydrogen-bond acceptors (Lipinski definition) is 6. The second-order valence-electron chi connectivity index (χ2n) is 6.59. The van der Waals surface area contributed by atoms with Gasteiger partial charge in [0.1, 0.15) is 11.4 Å². The molecule has 0 aliphatic rings. The minimum atomic E-state index is 0.176. The first-order valence-corrected chi connectivity index (χ1v) is 8.83. The number of hydrogen-bond donors (Lipinski definition) is 4. The van der Waals surface area contributed by atoms with Crippen molar-refractivity contribution in [2.45, 2.75) is 6.54 Å².